The van der Waals surface area contributed by atoms with E-state index in [1.807, 2.05) is 62.8 Å². The fraction of sp³-hybridized carbons (Fsp3) is 0.238. The van der Waals surface area contributed by atoms with Crippen LogP contribution in [0.3, 0.4) is 0 Å². The molecule has 28 heavy (non-hydrogen) atoms. The molecule has 0 radical (unpaired) electrons. The molecule has 0 bridgehead atoms. The zero-order valence-electron chi connectivity index (χ0n) is 16.4. The summed E-state index contributed by atoms with van der Waals surface area (Å²) in [7, 11) is 0. The minimum atomic E-state index is -0.227. The van der Waals surface area contributed by atoms with Gasteiger partial charge in [-0.1, -0.05) is 12.1 Å². The number of hydrogen-bond acceptors (Lipinski definition) is 4. The Balaban J connectivity index is 1.74. The molecule has 142 valence electrons. The molecule has 0 aliphatic heterocycles. The Morgan fingerprint density at radius 3 is 2.75 bits per heavy atom. The second-order valence-electron chi connectivity index (χ2n) is 6.88. The maximum absolute atomic E-state index is 12.9. The number of nitrogens with zero attached hydrogens (tertiary/aromatic N) is 5. The molecular formula is C21H22N6O. The SMILES string of the molecule is CCn1cc(-c2ccnc3c(C(=O)Nc4cc(C)ccc4C)cnn23)c(C)n1. The van der Waals surface area contributed by atoms with Crippen LogP contribution in [0.2, 0.25) is 0 Å². The summed E-state index contributed by atoms with van der Waals surface area (Å²) in [6.45, 7) is 8.76. The lowest BCUT2D eigenvalue weighted by Gasteiger charge is -2.09. The van der Waals surface area contributed by atoms with E-state index in [-0.39, 0.29) is 5.91 Å². The van der Waals surface area contributed by atoms with Gasteiger partial charge in [0.25, 0.3) is 5.91 Å². The van der Waals surface area contributed by atoms with Gasteiger partial charge in [0.05, 0.1) is 17.6 Å². The monoisotopic (exact) mass is 374 g/mol. The highest BCUT2D eigenvalue weighted by Crippen LogP contribution is 2.24. The van der Waals surface area contributed by atoms with E-state index < -0.39 is 0 Å². The van der Waals surface area contributed by atoms with Crippen LogP contribution in [-0.2, 0) is 6.54 Å². The number of fused-ring (bicyclic) bond motifs is 1. The van der Waals surface area contributed by atoms with Gasteiger partial charge in [-0.15, -0.1) is 0 Å². The van der Waals surface area contributed by atoms with Crippen LogP contribution in [0.1, 0.15) is 34.1 Å². The van der Waals surface area contributed by atoms with E-state index in [4.69, 9.17) is 0 Å². The minimum Gasteiger partial charge on any atom is -0.322 e. The highest BCUT2D eigenvalue weighted by atomic mass is 16.1. The first-order valence-electron chi connectivity index (χ1n) is 9.23. The number of carbonyl (C=O) groups excluding carboxylic acids is 1. The summed E-state index contributed by atoms with van der Waals surface area (Å²) < 4.78 is 3.58. The summed E-state index contributed by atoms with van der Waals surface area (Å²) in [5.74, 6) is -0.227. The van der Waals surface area contributed by atoms with Gasteiger partial charge in [-0.2, -0.15) is 10.2 Å². The first-order valence-corrected chi connectivity index (χ1v) is 9.23. The van der Waals surface area contributed by atoms with Gasteiger partial charge in [0.15, 0.2) is 5.65 Å². The van der Waals surface area contributed by atoms with Crippen molar-refractivity contribution in [2.24, 2.45) is 0 Å². The maximum atomic E-state index is 12.9. The van der Waals surface area contributed by atoms with Gasteiger partial charge in [-0.05, 0) is 51.0 Å². The molecule has 7 nitrogen and oxygen atoms in total. The first-order chi connectivity index (χ1) is 13.5. The lowest BCUT2D eigenvalue weighted by molar-refractivity contribution is 0.102. The lowest BCUT2D eigenvalue weighted by atomic mass is 10.1. The van der Waals surface area contributed by atoms with Gasteiger partial charge in [0.1, 0.15) is 5.56 Å². The van der Waals surface area contributed by atoms with Crippen molar-refractivity contribution in [1.82, 2.24) is 24.4 Å². The van der Waals surface area contributed by atoms with E-state index in [9.17, 15) is 4.79 Å². The Morgan fingerprint density at radius 2 is 2.00 bits per heavy atom. The quantitative estimate of drug-likeness (QED) is 0.590. The second kappa shape index (κ2) is 6.92. The van der Waals surface area contributed by atoms with E-state index in [1.165, 1.54) is 0 Å². The van der Waals surface area contributed by atoms with Crippen molar-refractivity contribution in [3.63, 3.8) is 0 Å². The van der Waals surface area contributed by atoms with Gasteiger partial charge in [0, 0.05) is 30.2 Å². The van der Waals surface area contributed by atoms with Crippen LogP contribution in [0.5, 0.6) is 0 Å². The largest absolute Gasteiger partial charge is 0.322 e. The predicted octanol–water partition coefficient (Wildman–Crippen LogP) is 3.79. The van der Waals surface area contributed by atoms with Crippen molar-refractivity contribution < 1.29 is 4.79 Å². The highest BCUT2D eigenvalue weighted by Gasteiger charge is 2.18. The van der Waals surface area contributed by atoms with Crippen molar-refractivity contribution in [3.8, 4) is 11.3 Å². The average Bonchev–Trinajstić information content (AvgIpc) is 3.28. The fourth-order valence-corrected chi connectivity index (χ4v) is 3.25. The molecule has 1 N–H and O–H groups in total. The summed E-state index contributed by atoms with van der Waals surface area (Å²) in [6.07, 6.45) is 5.25. The number of nitrogens with one attached hydrogen (secondary N) is 1. The van der Waals surface area contributed by atoms with Crippen LogP contribution in [0, 0.1) is 20.8 Å². The molecule has 0 aliphatic rings. The molecule has 3 heterocycles. The van der Waals surface area contributed by atoms with Crippen LogP contribution < -0.4 is 5.32 Å². The summed E-state index contributed by atoms with van der Waals surface area (Å²) >= 11 is 0. The Kier molecular flexibility index (Phi) is 4.43. The zero-order chi connectivity index (χ0) is 19.8. The Morgan fingerprint density at radius 1 is 1.18 bits per heavy atom. The summed E-state index contributed by atoms with van der Waals surface area (Å²) in [5.41, 5.74) is 6.57. The molecule has 0 unspecified atom stereocenters. The predicted molar refractivity (Wildman–Crippen MR) is 108 cm³/mol. The Labute approximate surface area is 163 Å². The molecule has 0 saturated carbocycles. The molecule has 4 rings (SSSR count). The second-order valence-corrected chi connectivity index (χ2v) is 6.88. The van der Waals surface area contributed by atoms with Crippen molar-refractivity contribution in [2.45, 2.75) is 34.2 Å². The smallest absolute Gasteiger partial charge is 0.261 e. The van der Waals surface area contributed by atoms with Gasteiger partial charge < -0.3 is 5.32 Å². The summed E-state index contributed by atoms with van der Waals surface area (Å²) in [6, 6.07) is 7.86. The van der Waals surface area contributed by atoms with Gasteiger partial charge in [-0.25, -0.2) is 9.50 Å². The summed E-state index contributed by atoms with van der Waals surface area (Å²) in [4.78, 5) is 17.3. The normalized spacial score (nSPS) is 11.1. The first kappa shape index (κ1) is 17.9. The van der Waals surface area contributed by atoms with E-state index in [1.54, 1.807) is 16.9 Å². The summed E-state index contributed by atoms with van der Waals surface area (Å²) in [5, 5.41) is 11.9. The minimum absolute atomic E-state index is 0.227. The third-order valence-electron chi connectivity index (χ3n) is 4.83. The van der Waals surface area contributed by atoms with Gasteiger partial charge in [0.2, 0.25) is 0 Å². The van der Waals surface area contributed by atoms with E-state index >= 15 is 0 Å². The van der Waals surface area contributed by atoms with Crippen LogP contribution in [0.15, 0.2) is 42.9 Å². The molecule has 0 spiro atoms. The van der Waals surface area contributed by atoms with Crippen LogP contribution in [-0.4, -0.2) is 30.3 Å². The lowest BCUT2D eigenvalue weighted by Crippen LogP contribution is -2.13. The third-order valence-corrected chi connectivity index (χ3v) is 4.83. The Hall–Kier alpha value is -3.48. The molecule has 3 aromatic heterocycles. The van der Waals surface area contributed by atoms with Crippen LogP contribution >= 0.6 is 0 Å². The molecule has 1 aromatic carbocycles. The number of carbonyl (C=O) groups is 1. The Bertz CT molecular complexity index is 1190. The number of benzene rings is 1. The van der Waals surface area contributed by atoms with Gasteiger partial charge in [-0.3, -0.25) is 9.48 Å². The van der Waals surface area contributed by atoms with E-state index in [2.05, 4.69) is 20.5 Å². The standard InChI is InChI=1S/C21H22N6O/c1-5-26-12-17(15(4)25-26)19-8-9-22-20-16(11-23-27(19)20)21(28)24-18-10-13(2)6-7-14(18)3/h6-12H,5H2,1-4H3,(H,24,28). The maximum Gasteiger partial charge on any atom is 0.261 e. The van der Waals surface area contributed by atoms with Crippen molar-refractivity contribution >= 4 is 17.2 Å². The molecule has 4 aromatic rings. The van der Waals surface area contributed by atoms with Crippen LogP contribution in [0.25, 0.3) is 16.9 Å². The molecule has 7 heteroatoms. The average molecular weight is 374 g/mol. The van der Waals surface area contributed by atoms with Crippen molar-refractivity contribution in [2.75, 3.05) is 5.32 Å². The van der Waals surface area contributed by atoms with Crippen molar-refractivity contribution in [1.29, 1.82) is 0 Å². The molecule has 0 saturated heterocycles. The molecule has 0 fully saturated rings. The topological polar surface area (TPSA) is 77.1 Å². The molecule has 0 aliphatic carbocycles. The van der Waals surface area contributed by atoms with E-state index in [0.717, 1.165) is 40.3 Å². The third kappa shape index (κ3) is 3.05. The van der Waals surface area contributed by atoms with Crippen molar-refractivity contribution in [3.05, 3.63) is 65.2 Å². The number of aryl methyl sites for hydroxylation is 4. The van der Waals surface area contributed by atoms with E-state index in [0.29, 0.717) is 11.2 Å². The zero-order valence-corrected chi connectivity index (χ0v) is 16.4. The number of hydrogen-bond donors (Lipinski definition) is 1. The number of rotatable bonds is 4. The number of anilines is 1. The highest BCUT2D eigenvalue weighted by molar-refractivity contribution is 6.08. The van der Waals surface area contributed by atoms with Crippen LogP contribution in [0.4, 0.5) is 5.69 Å². The number of aromatic nitrogens is 5. The van der Waals surface area contributed by atoms with Gasteiger partial charge >= 0.3 is 0 Å². The molecule has 0 atom stereocenters. The number of amides is 1. The molecule has 1 amide bonds. The molecular weight excluding hydrogens is 352 g/mol. The fourth-order valence-electron chi connectivity index (χ4n) is 3.25.